The molecule has 28 heteroatoms. The van der Waals surface area contributed by atoms with Gasteiger partial charge in [0.05, 0.1) is 57.0 Å². The molecule has 70 heavy (non-hydrogen) atoms. The lowest BCUT2D eigenvalue weighted by Gasteiger charge is -2.46. The van der Waals surface area contributed by atoms with E-state index in [1.54, 1.807) is 0 Å². The predicted octanol–water partition coefficient (Wildman–Crippen LogP) is 13.1. The van der Waals surface area contributed by atoms with E-state index in [0.29, 0.717) is 11.5 Å². The molecule has 0 heterocycles. The number of alkyl halides is 24. The van der Waals surface area contributed by atoms with E-state index < -0.39 is 195 Å². The summed E-state index contributed by atoms with van der Waals surface area (Å²) in [5.74, 6) is 1.16. The number of rotatable bonds is 7. The van der Waals surface area contributed by atoms with Crippen LogP contribution in [-0.4, -0.2) is 24.4 Å². The van der Waals surface area contributed by atoms with Crippen LogP contribution in [0.3, 0.4) is 0 Å². The average molecular weight is 1060 g/mol. The molecule has 0 spiro atoms. The molecule has 0 bridgehead atoms. The van der Waals surface area contributed by atoms with E-state index in [2.05, 4.69) is 12.5 Å². The number of hydrogen-bond acceptors (Lipinski definition) is 2. The van der Waals surface area contributed by atoms with Crippen molar-refractivity contribution in [3.63, 3.8) is 0 Å². The standard InChI is InChI=1S/C32H12BF24.C10H15N2S/c34-25(35,36)13-1-14(26(37,38)39)6-21(5-13)33(22-7-15(27(40,41)42)2-16(8-22)28(43,44)45,23-9-17(29(46,47)48)3-18(10-23)30(49,50)51)24-11-19(31(52,53)54)4-20(12-24)32(55,56)57;1-8(2)10(7-13(3)4)9(5-11)6-12/h1-12H;8H,7H2,1-4H3/q-1;+1. The van der Waals surface area contributed by atoms with Crippen molar-refractivity contribution in [1.82, 2.24) is 0 Å². The first-order valence-electron chi connectivity index (χ1n) is 18.7. The van der Waals surface area contributed by atoms with Crippen LogP contribution >= 0.6 is 0 Å². The Morgan fingerprint density at radius 1 is 0.386 bits per heavy atom. The minimum Gasteiger partial charge on any atom is -0.194 e. The van der Waals surface area contributed by atoms with Crippen LogP contribution in [0, 0.1) is 28.6 Å². The van der Waals surface area contributed by atoms with Gasteiger partial charge in [0.2, 0.25) is 0 Å². The van der Waals surface area contributed by atoms with Crippen molar-refractivity contribution < 1.29 is 105 Å². The fourth-order valence-electron chi connectivity index (χ4n) is 7.08. The Balaban J connectivity index is 0.000000869. The molecule has 4 aromatic rings. The number of allylic oxidation sites excluding steroid dienone is 1. The quantitative estimate of drug-likeness (QED) is 0.0801. The monoisotopic (exact) mass is 1060 g/mol. The third-order valence-corrected chi connectivity index (χ3v) is 11.0. The molecule has 0 saturated heterocycles. The van der Waals surface area contributed by atoms with E-state index >= 15 is 0 Å². The highest BCUT2D eigenvalue weighted by molar-refractivity contribution is 7.95. The van der Waals surface area contributed by atoms with Crippen molar-refractivity contribution in [3.8, 4) is 12.1 Å². The summed E-state index contributed by atoms with van der Waals surface area (Å²) >= 11 is 0. The maximum atomic E-state index is 14.2. The molecule has 4 rings (SSSR count). The van der Waals surface area contributed by atoms with Gasteiger partial charge in [0, 0.05) is 5.57 Å². The van der Waals surface area contributed by atoms with Crippen molar-refractivity contribution >= 4 is 38.9 Å². The zero-order valence-corrected chi connectivity index (χ0v) is 36.0. The Morgan fingerprint density at radius 3 is 0.671 bits per heavy atom. The highest BCUT2D eigenvalue weighted by Crippen LogP contribution is 2.41. The van der Waals surface area contributed by atoms with Gasteiger partial charge in [0.15, 0.2) is 0 Å². The first-order valence-corrected chi connectivity index (χ1v) is 20.9. The molecular formula is C42H27BF24N2S. The largest absolute Gasteiger partial charge is 0.416 e. The Hall–Kier alpha value is -5.67. The minimum absolute atomic E-state index is 0.250. The summed E-state index contributed by atoms with van der Waals surface area (Å²) in [6.07, 6.45) is -50.6. The lowest BCUT2D eigenvalue weighted by atomic mass is 9.12. The fourth-order valence-corrected chi connectivity index (χ4v) is 8.18. The molecule has 0 aliphatic rings. The molecule has 2 nitrogen and oxygen atoms in total. The van der Waals surface area contributed by atoms with Gasteiger partial charge in [-0.1, -0.05) is 62.4 Å². The van der Waals surface area contributed by atoms with Crippen LogP contribution in [-0.2, 0) is 60.3 Å². The van der Waals surface area contributed by atoms with Gasteiger partial charge < -0.3 is 0 Å². The summed E-state index contributed by atoms with van der Waals surface area (Å²) in [6.45, 7) is 4.05. The van der Waals surface area contributed by atoms with Crippen LogP contribution in [0.25, 0.3) is 0 Å². The van der Waals surface area contributed by atoms with Crippen LogP contribution < -0.4 is 21.9 Å². The molecule has 4 aromatic carbocycles. The second kappa shape index (κ2) is 19.9. The smallest absolute Gasteiger partial charge is 0.194 e. The first-order chi connectivity index (χ1) is 31.3. The van der Waals surface area contributed by atoms with Gasteiger partial charge in [-0.05, 0) is 41.1 Å². The Morgan fingerprint density at radius 2 is 0.557 bits per heavy atom. The second-order valence-electron chi connectivity index (χ2n) is 15.6. The molecule has 0 amide bonds. The molecule has 0 fully saturated rings. The SMILES string of the molecule is CC(C)C(C[S+](C)C)=C(C#N)C#N.FC(F)(F)c1cc([B-](c2cc(C(F)(F)F)cc(C(F)(F)F)c2)(c2cc(C(F)(F)F)cc(C(F)(F)F)c2)c2cc(C(F)(F)F)cc(C(F)(F)F)c2)cc(C(F)(F)F)c1. The van der Waals surface area contributed by atoms with Gasteiger partial charge >= 0.3 is 49.4 Å². The zero-order chi connectivity index (χ0) is 54.3. The van der Waals surface area contributed by atoms with Crippen molar-refractivity contribution in [2.75, 3.05) is 18.3 Å². The molecule has 0 unspecified atom stereocenters. The number of hydrogen-bond donors (Lipinski definition) is 0. The van der Waals surface area contributed by atoms with E-state index in [0.717, 1.165) is 11.3 Å². The zero-order valence-electron chi connectivity index (χ0n) is 35.2. The molecule has 0 saturated carbocycles. The summed E-state index contributed by atoms with van der Waals surface area (Å²) < 4.78 is 341. The maximum absolute atomic E-state index is 14.2. The highest BCUT2D eigenvalue weighted by atomic mass is 32.2. The van der Waals surface area contributed by atoms with Crippen LogP contribution in [0.2, 0.25) is 0 Å². The Bertz CT molecular complexity index is 2210. The van der Waals surface area contributed by atoms with Crippen LogP contribution in [0.15, 0.2) is 83.9 Å². The van der Waals surface area contributed by atoms with Gasteiger partial charge in [-0.3, -0.25) is 0 Å². The minimum atomic E-state index is -6.13. The molecule has 0 N–H and O–H groups in total. The number of nitrogens with zero attached hydrogens (tertiary/aromatic N) is 2. The molecule has 382 valence electrons. The van der Waals surface area contributed by atoms with Crippen LogP contribution in [0.4, 0.5) is 105 Å². The molecule has 0 radical (unpaired) electrons. The lowest BCUT2D eigenvalue weighted by molar-refractivity contribution is -0.144. The third kappa shape index (κ3) is 13.8. The summed E-state index contributed by atoms with van der Waals surface area (Å²) in [5, 5.41) is 17.5. The fraction of sp³-hybridized carbons (Fsp3) is 0.333. The van der Waals surface area contributed by atoms with E-state index in [9.17, 15) is 105 Å². The normalized spacial score (nSPS) is 13.4. The van der Waals surface area contributed by atoms with E-state index in [1.807, 2.05) is 26.0 Å². The van der Waals surface area contributed by atoms with E-state index in [-0.39, 0.29) is 10.9 Å². The van der Waals surface area contributed by atoms with Gasteiger partial charge in [-0.2, -0.15) is 138 Å². The summed E-state index contributed by atoms with van der Waals surface area (Å²) in [7, 11) is 0.250. The van der Waals surface area contributed by atoms with Crippen LogP contribution in [0.5, 0.6) is 0 Å². The lowest BCUT2D eigenvalue weighted by Crippen LogP contribution is -2.75. The summed E-state index contributed by atoms with van der Waals surface area (Å²) in [6, 6.07) is -4.89. The van der Waals surface area contributed by atoms with Crippen molar-refractivity contribution in [3.05, 3.63) is 128 Å². The van der Waals surface area contributed by atoms with Gasteiger partial charge in [0.25, 0.3) is 0 Å². The summed E-state index contributed by atoms with van der Waals surface area (Å²) in [5.41, 5.74) is -28.9. The second-order valence-corrected chi connectivity index (χ2v) is 17.9. The number of halogens is 24. The Labute approximate surface area is 382 Å². The summed E-state index contributed by atoms with van der Waals surface area (Å²) in [4.78, 5) is 0. The molecule has 0 atom stereocenters. The number of nitriles is 2. The van der Waals surface area contributed by atoms with Crippen LogP contribution in [0.1, 0.15) is 58.4 Å². The molecule has 0 aromatic heterocycles. The van der Waals surface area contributed by atoms with E-state index in [1.165, 1.54) is 0 Å². The van der Waals surface area contributed by atoms with Crippen molar-refractivity contribution in [1.29, 1.82) is 10.5 Å². The van der Waals surface area contributed by atoms with Gasteiger partial charge in [-0.25, -0.2) is 0 Å². The van der Waals surface area contributed by atoms with Gasteiger partial charge in [-0.15, -0.1) is 0 Å². The number of benzene rings is 4. The third-order valence-electron chi connectivity index (χ3n) is 10.1. The molecular weight excluding hydrogens is 1030 g/mol. The highest BCUT2D eigenvalue weighted by Gasteiger charge is 2.47. The Kier molecular flexibility index (Phi) is 16.6. The topological polar surface area (TPSA) is 47.6 Å². The predicted molar refractivity (Wildman–Crippen MR) is 207 cm³/mol. The molecule has 0 aliphatic carbocycles. The molecule has 0 aliphatic heterocycles. The van der Waals surface area contributed by atoms with E-state index in [4.69, 9.17) is 10.5 Å². The maximum Gasteiger partial charge on any atom is 0.416 e. The van der Waals surface area contributed by atoms with Gasteiger partial charge in [0.1, 0.15) is 29.6 Å². The van der Waals surface area contributed by atoms with Crippen molar-refractivity contribution in [2.45, 2.75) is 63.3 Å². The first kappa shape index (κ1) is 58.6. The van der Waals surface area contributed by atoms with Crippen molar-refractivity contribution in [2.24, 2.45) is 5.92 Å². The average Bonchev–Trinajstić information content (AvgIpc) is 3.18.